The predicted octanol–water partition coefficient (Wildman–Crippen LogP) is 4.02. The third-order valence-corrected chi connectivity index (χ3v) is 5.57. The number of nitrogens with zero attached hydrogens (tertiary/aromatic N) is 3. The number of aromatic nitrogens is 2. The first-order valence-corrected chi connectivity index (χ1v) is 10.2. The Morgan fingerprint density at radius 3 is 2.70 bits per heavy atom. The highest BCUT2D eigenvalue weighted by molar-refractivity contribution is 14.0. The molecule has 1 fully saturated rings. The van der Waals surface area contributed by atoms with Crippen LogP contribution < -0.4 is 10.6 Å². The van der Waals surface area contributed by atoms with E-state index in [2.05, 4.69) is 69.0 Å². The molecule has 3 rings (SSSR count). The van der Waals surface area contributed by atoms with Crippen molar-refractivity contribution in [3.63, 3.8) is 0 Å². The van der Waals surface area contributed by atoms with E-state index < -0.39 is 0 Å². The highest BCUT2D eigenvalue weighted by atomic mass is 127. The summed E-state index contributed by atoms with van der Waals surface area (Å²) in [6.07, 6.45) is 8.52. The van der Waals surface area contributed by atoms with Crippen LogP contribution in [0.25, 0.3) is 0 Å². The van der Waals surface area contributed by atoms with Crippen LogP contribution in [0.3, 0.4) is 0 Å². The lowest BCUT2D eigenvalue weighted by atomic mass is 9.96. The van der Waals surface area contributed by atoms with Crippen molar-refractivity contribution in [1.82, 2.24) is 20.4 Å². The van der Waals surface area contributed by atoms with Crippen molar-refractivity contribution in [3.05, 3.63) is 52.3 Å². The molecule has 0 saturated heterocycles. The maximum atomic E-state index is 4.87. The summed E-state index contributed by atoms with van der Waals surface area (Å²) < 4.78 is 3.05. The van der Waals surface area contributed by atoms with Crippen LogP contribution in [0.5, 0.6) is 0 Å². The molecular weight excluding hydrogens is 517 g/mol. The molecule has 0 unspecified atom stereocenters. The second-order valence-corrected chi connectivity index (χ2v) is 7.86. The zero-order chi connectivity index (χ0) is 18.4. The van der Waals surface area contributed by atoms with Gasteiger partial charge in [0.1, 0.15) is 0 Å². The molecule has 1 aromatic heterocycles. The van der Waals surface area contributed by atoms with Crippen molar-refractivity contribution in [1.29, 1.82) is 0 Å². The van der Waals surface area contributed by atoms with Gasteiger partial charge >= 0.3 is 0 Å². The number of benzene rings is 1. The van der Waals surface area contributed by atoms with Gasteiger partial charge in [-0.3, -0.25) is 9.67 Å². The molecule has 5 nitrogen and oxygen atoms in total. The molecule has 27 heavy (non-hydrogen) atoms. The minimum Gasteiger partial charge on any atom is -0.357 e. The summed E-state index contributed by atoms with van der Waals surface area (Å²) >= 11 is 3.70. The smallest absolute Gasteiger partial charge is 0.191 e. The Balaban J connectivity index is 0.00000261. The maximum absolute atomic E-state index is 4.87. The topological polar surface area (TPSA) is 54.2 Å². The molecule has 1 aromatic carbocycles. The van der Waals surface area contributed by atoms with Crippen molar-refractivity contribution in [2.24, 2.45) is 12.0 Å². The SMILES string of the molecule is CCNC(=NCC1(c2ccccc2Br)CC1)NCCCc1cnn(C)c1.I. The number of aliphatic imine (C=N–C) groups is 1. The third kappa shape index (κ3) is 6.20. The average molecular weight is 546 g/mol. The molecule has 1 saturated carbocycles. The fourth-order valence-electron chi connectivity index (χ4n) is 3.23. The molecule has 1 aliphatic carbocycles. The van der Waals surface area contributed by atoms with Crippen molar-refractivity contribution < 1.29 is 0 Å². The molecule has 7 heteroatoms. The molecule has 2 N–H and O–H groups in total. The molecule has 0 spiro atoms. The average Bonchev–Trinajstić information content (AvgIpc) is 3.31. The van der Waals surface area contributed by atoms with E-state index in [9.17, 15) is 0 Å². The maximum Gasteiger partial charge on any atom is 0.191 e. The van der Waals surface area contributed by atoms with E-state index >= 15 is 0 Å². The van der Waals surface area contributed by atoms with Gasteiger partial charge in [0, 0.05) is 36.2 Å². The van der Waals surface area contributed by atoms with E-state index in [1.807, 2.05) is 17.9 Å². The van der Waals surface area contributed by atoms with E-state index in [-0.39, 0.29) is 29.4 Å². The van der Waals surface area contributed by atoms with Crippen molar-refractivity contribution >= 4 is 45.9 Å². The predicted molar refractivity (Wildman–Crippen MR) is 126 cm³/mol. The normalized spacial score (nSPS) is 15.1. The Labute approximate surface area is 187 Å². The number of nitrogens with one attached hydrogen (secondary N) is 2. The molecule has 0 amide bonds. The van der Waals surface area contributed by atoms with E-state index in [0.29, 0.717) is 0 Å². The number of hydrogen-bond donors (Lipinski definition) is 2. The standard InChI is InChI=1S/C20H28BrN5.HI/c1-3-22-19(23-12-6-7-16-13-25-26(2)14-16)24-15-20(10-11-20)17-8-4-5-9-18(17)21;/h4-5,8-9,13-14H,3,6-7,10-12,15H2,1-2H3,(H2,22,23,24);1H. The van der Waals surface area contributed by atoms with Gasteiger partial charge in [-0.25, -0.2) is 0 Å². The van der Waals surface area contributed by atoms with Crippen molar-refractivity contribution in [2.75, 3.05) is 19.6 Å². The summed E-state index contributed by atoms with van der Waals surface area (Å²) in [7, 11) is 1.95. The third-order valence-electron chi connectivity index (χ3n) is 4.88. The van der Waals surface area contributed by atoms with Gasteiger partial charge in [0.15, 0.2) is 5.96 Å². The van der Waals surface area contributed by atoms with Gasteiger partial charge in [-0.1, -0.05) is 34.1 Å². The summed E-state index contributed by atoms with van der Waals surface area (Å²) in [5.74, 6) is 0.914. The number of guanidine groups is 1. The summed E-state index contributed by atoms with van der Waals surface area (Å²) in [4.78, 5) is 4.87. The van der Waals surface area contributed by atoms with E-state index in [1.54, 1.807) is 0 Å². The Morgan fingerprint density at radius 1 is 1.30 bits per heavy atom. The second-order valence-electron chi connectivity index (χ2n) is 7.01. The van der Waals surface area contributed by atoms with Gasteiger partial charge in [0.05, 0.1) is 12.7 Å². The van der Waals surface area contributed by atoms with Crippen LogP contribution in [-0.2, 0) is 18.9 Å². The van der Waals surface area contributed by atoms with E-state index in [0.717, 1.165) is 38.4 Å². The van der Waals surface area contributed by atoms with Gasteiger partial charge in [0.25, 0.3) is 0 Å². The van der Waals surface area contributed by atoms with Gasteiger partial charge in [-0.15, -0.1) is 24.0 Å². The van der Waals surface area contributed by atoms with E-state index in [4.69, 9.17) is 4.99 Å². The molecule has 0 atom stereocenters. The molecular formula is C20H29BrIN5. The van der Waals surface area contributed by atoms with Crippen molar-refractivity contribution in [3.8, 4) is 0 Å². The summed E-state index contributed by atoms with van der Waals surface area (Å²) in [6.45, 7) is 4.71. The molecule has 2 aromatic rings. The Morgan fingerprint density at radius 2 is 2.07 bits per heavy atom. The number of hydrogen-bond acceptors (Lipinski definition) is 2. The highest BCUT2D eigenvalue weighted by Crippen LogP contribution is 2.50. The Kier molecular flexibility index (Phi) is 8.60. The lowest BCUT2D eigenvalue weighted by molar-refractivity contribution is 0.684. The number of halogens is 2. The number of aryl methyl sites for hydroxylation is 2. The summed E-state index contributed by atoms with van der Waals surface area (Å²) in [6, 6.07) is 8.54. The van der Waals surface area contributed by atoms with Crippen LogP contribution >= 0.6 is 39.9 Å². The van der Waals surface area contributed by atoms with Crippen LogP contribution in [-0.4, -0.2) is 35.4 Å². The van der Waals surface area contributed by atoms with Crippen LogP contribution in [0, 0.1) is 0 Å². The monoisotopic (exact) mass is 545 g/mol. The molecule has 148 valence electrons. The molecule has 0 radical (unpaired) electrons. The first kappa shape index (κ1) is 22.2. The Hall–Kier alpha value is -1.09. The number of rotatable bonds is 8. The van der Waals surface area contributed by atoms with Crippen molar-refractivity contribution in [2.45, 2.75) is 38.0 Å². The molecule has 1 heterocycles. The summed E-state index contributed by atoms with van der Waals surface area (Å²) in [5, 5.41) is 11.0. The highest BCUT2D eigenvalue weighted by Gasteiger charge is 2.45. The largest absolute Gasteiger partial charge is 0.357 e. The quantitative estimate of drug-likeness (QED) is 0.228. The first-order chi connectivity index (χ1) is 12.6. The minimum absolute atomic E-state index is 0. The molecule has 0 aliphatic heterocycles. The summed E-state index contributed by atoms with van der Waals surface area (Å²) in [5.41, 5.74) is 2.87. The van der Waals surface area contributed by atoms with Gasteiger partial charge in [-0.2, -0.15) is 5.10 Å². The molecule has 0 bridgehead atoms. The lowest BCUT2D eigenvalue weighted by Crippen LogP contribution is -2.38. The van der Waals surface area contributed by atoms with Gasteiger partial charge in [0.2, 0.25) is 0 Å². The lowest BCUT2D eigenvalue weighted by Gasteiger charge is -2.17. The van der Waals surface area contributed by atoms with Gasteiger partial charge in [-0.05, 0) is 49.8 Å². The minimum atomic E-state index is 0. The van der Waals surface area contributed by atoms with Crippen LogP contribution in [0.1, 0.15) is 37.3 Å². The Bertz CT molecular complexity index is 754. The fourth-order valence-corrected chi connectivity index (χ4v) is 3.93. The van der Waals surface area contributed by atoms with Gasteiger partial charge < -0.3 is 10.6 Å². The molecule has 1 aliphatic rings. The second kappa shape index (κ2) is 10.5. The van der Waals surface area contributed by atoms with Crippen LogP contribution in [0.2, 0.25) is 0 Å². The van der Waals surface area contributed by atoms with Crippen LogP contribution in [0.4, 0.5) is 0 Å². The zero-order valence-electron chi connectivity index (χ0n) is 16.0. The van der Waals surface area contributed by atoms with E-state index in [1.165, 1.54) is 28.4 Å². The first-order valence-electron chi connectivity index (χ1n) is 9.38. The van der Waals surface area contributed by atoms with Crippen LogP contribution in [0.15, 0.2) is 46.1 Å². The fraction of sp³-hybridized carbons (Fsp3) is 0.500. The zero-order valence-corrected chi connectivity index (χ0v) is 20.0.